The smallest absolute Gasteiger partial charge is 0.224 e. The van der Waals surface area contributed by atoms with Crippen molar-refractivity contribution in [2.24, 2.45) is 17.6 Å². The van der Waals surface area contributed by atoms with Crippen LogP contribution in [-0.2, 0) is 16.0 Å². The molecular weight excluding hydrogens is 338 g/mol. The Morgan fingerprint density at radius 2 is 1.69 bits per heavy atom. The Morgan fingerprint density at radius 3 is 2.12 bits per heavy atom. The third-order valence-electron chi connectivity index (χ3n) is 3.92. The molecule has 1 unspecified atom stereocenters. The quantitative estimate of drug-likeness (QED) is 0.691. The number of carbonyl (C=O) groups excluding carboxylic acids is 2. The summed E-state index contributed by atoms with van der Waals surface area (Å²) in [5.74, 6) is -3.70. The van der Waals surface area contributed by atoms with E-state index in [1.54, 1.807) is 6.92 Å². The number of hydrogen-bond donors (Lipinski definition) is 2. The first kappa shape index (κ1) is 21.8. The summed E-state index contributed by atoms with van der Waals surface area (Å²) < 4.78 is 26.7. The van der Waals surface area contributed by atoms with Crippen LogP contribution in [0.5, 0.6) is 0 Å². The number of amides is 2. The second kappa shape index (κ2) is 8.92. The van der Waals surface area contributed by atoms with E-state index in [2.05, 4.69) is 11.9 Å². The number of benzene rings is 1. The predicted octanol–water partition coefficient (Wildman–Crippen LogP) is 3.50. The number of hydrogen-bond acceptors (Lipinski definition) is 2. The molecule has 0 saturated heterocycles. The molecule has 2 amide bonds. The molecule has 1 aromatic carbocycles. The van der Waals surface area contributed by atoms with Crippen molar-refractivity contribution in [3.63, 3.8) is 0 Å². The number of allylic oxidation sites excluding steroid dienone is 1. The molecule has 0 aliphatic heterocycles. The average Bonchev–Trinajstić information content (AvgIpc) is 2.42. The number of nitrogens with one attached hydrogen (secondary N) is 1. The van der Waals surface area contributed by atoms with Crippen LogP contribution in [-0.4, -0.2) is 17.4 Å². The molecule has 0 heterocycles. The lowest BCUT2D eigenvalue weighted by molar-refractivity contribution is -0.134. The Balaban J connectivity index is 3.01. The Hall–Kier alpha value is -2.24. The summed E-state index contributed by atoms with van der Waals surface area (Å²) in [7, 11) is 0. The zero-order valence-corrected chi connectivity index (χ0v) is 15.9. The van der Waals surface area contributed by atoms with Gasteiger partial charge in [-0.1, -0.05) is 5.57 Å². The fourth-order valence-corrected chi connectivity index (χ4v) is 2.87. The Kier molecular flexibility index (Phi) is 7.48. The van der Waals surface area contributed by atoms with Gasteiger partial charge < -0.3 is 11.1 Å². The molecule has 0 spiro atoms. The lowest BCUT2D eigenvalue weighted by Crippen LogP contribution is -2.47. The highest BCUT2D eigenvalue weighted by Gasteiger charge is 2.33. The van der Waals surface area contributed by atoms with Gasteiger partial charge in [0, 0.05) is 17.5 Å². The first-order chi connectivity index (χ1) is 11.9. The predicted molar refractivity (Wildman–Crippen MR) is 98.2 cm³/mol. The number of halogens is 2. The SMILES string of the molecule is C=C(C)CC(C(=O)NC(C)(C)C)[C@H](CCc1cc(F)cc(F)c1)C(N)=O. The second-order valence-electron chi connectivity index (χ2n) is 7.83. The van der Waals surface area contributed by atoms with Gasteiger partial charge >= 0.3 is 0 Å². The van der Waals surface area contributed by atoms with Gasteiger partial charge in [-0.05, 0) is 64.7 Å². The molecular formula is C20H28F2N2O2. The average molecular weight is 366 g/mol. The fraction of sp³-hybridized carbons (Fsp3) is 0.500. The van der Waals surface area contributed by atoms with Gasteiger partial charge in [0.15, 0.2) is 0 Å². The van der Waals surface area contributed by atoms with Crippen molar-refractivity contribution in [2.45, 2.75) is 52.5 Å². The summed E-state index contributed by atoms with van der Waals surface area (Å²) in [5.41, 5.74) is 6.25. The zero-order valence-electron chi connectivity index (χ0n) is 15.9. The lowest BCUT2D eigenvalue weighted by atomic mass is 9.81. The molecule has 0 saturated carbocycles. The van der Waals surface area contributed by atoms with Crippen LogP contribution in [0.4, 0.5) is 8.78 Å². The number of primary amides is 1. The van der Waals surface area contributed by atoms with Crippen molar-refractivity contribution >= 4 is 11.8 Å². The second-order valence-corrected chi connectivity index (χ2v) is 7.83. The minimum Gasteiger partial charge on any atom is -0.369 e. The topological polar surface area (TPSA) is 72.2 Å². The van der Waals surface area contributed by atoms with Gasteiger partial charge in [0.25, 0.3) is 0 Å². The standard InChI is InChI=1S/C20H28F2N2O2/c1-12(2)8-17(19(26)24-20(3,4)5)16(18(23)25)7-6-13-9-14(21)11-15(22)10-13/h9-11,16-17H,1,6-8H2,2-5H3,(H2,23,25)(H,24,26)/t16-,17?/m0/s1. The largest absolute Gasteiger partial charge is 0.369 e. The summed E-state index contributed by atoms with van der Waals surface area (Å²) in [5, 5.41) is 2.87. The Morgan fingerprint density at radius 1 is 1.15 bits per heavy atom. The molecule has 1 aromatic rings. The van der Waals surface area contributed by atoms with Gasteiger partial charge in [-0.2, -0.15) is 0 Å². The molecule has 2 atom stereocenters. The lowest BCUT2D eigenvalue weighted by Gasteiger charge is -2.29. The van der Waals surface area contributed by atoms with Crippen LogP contribution in [0.15, 0.2) is 30.4 Å². The highest BCUT2D eigenvalue weighted by molar-refractivity contribution is 5.87. The third kappa shape index (κ3) is 7.33. The van der Waals surface area contributed by atoms with E-state index in [9.17, 15) is 18.4 Å². The van der Waals surface area contributed by atoms with E-state index in [0.29, 0.717) is 12.0 Å². The van der Waals surface area contributed by atoms with E-state index in [1.807, 2.05) is 20.8 Å². The van der Waals surface area contributed by atoms with Gasteiger partial charge in [-0.15, -0.1) is 6.58 Å². The number of carbonyl (C=O) groups is 2. The molecule has 3 N–H and O–H groups in total. The highest BCUT2D eigenvalue weighted by Crippen LogP contribution is 2.26. The monoisotopic (exact) mass is 366 g/mol. The number of rotatable bonds is 8. The first-order valence-corrected chi connectivity index (χ1v) is 8.59. The van der Waals surface area contributed by atoms with Gasteiger partial charge in [-0.3, -0.25) is 9.59 Å². The van der Waals surface area contributed by atoms with Crippen LogP contribution in [0.25, 0.3) is 0 Å². The molecule has 0 aliphatic rings. The van der Waals surface area contributed by atoms with Gasteiger partial charge in [0.2, 0.25) is 11.8 Å². The van der Waals surface area contributed by atoms with Crippen molar-refractivity contribution in [2.75, 3.05) is 0 Å². The number of nitrogens with two attached hydrogens (primary N) is 1. The molecule has 144 valence electrons. The van der Waals surface area contributed by atoms with E-state index >= 15 is 0 Å². The maximum absolute atomic E-state index is 13.3. The molecule has 0 aromatic heterocycles. The van der Waals surface area contributed by atoms with Crippen molar-refractivity contribution in [1.82, 2.24) is 5.32 Å². The van der Waals surface area contributed by atoms with E-state index < -0.39 is 34.9 Å². The molecule has 1 rings (SSSR count). The summed E-state index contributed by atoms with van der Waals surface area (Å²) in [6.45, 7) is 11.1. The molecule has 0 fully saturated rings. The molecule has 4 nitrogen and oxygen atoms in total. The zero-order chi connectivity index (χ0) is 20.1. The van der Waals surface area contributed by atoms with Crippen LogP contribution in [0.3, 0.4) is 0 Å². The van der Waals surface area contributed by atoms with Gasteiger partial charge in [0.1, 0.15) is 11.6 Å². The van der Waals surface area contributed by atoms with Crippen molar-refractivity contribution in [3.05, 3.63) is 47.5 Å². The summed E-state index contributed by atoms with van der Waals surface area (Å²) >= 11 is 0. The van der Waals surface area contributed by atoms with E-state index in [4.69, 9.17) is 5.73 Å². The normalized spacial score (nSPS) is 13.8. The van der Waals surface area contributed by atoms with Crippen LogP contribution >= 0.6 is 0 Å². The molecule has 0 aliphatic carbocycles. The molecule has 6 heteroatoms. The van der Waals surface area contributed by atoms with Crippen molar-refractivity contribution in [3.8, 4) is 0 Å². The molecule has 0 bridgehead atoms. The van der Waals surface area contributed by atoms with E-state index in [-0.39, 0.29) is 18.7 Å². The summed E-state index contributed by atoms with van der Waals surface area (Å²) in [4.78, 5) is 24.7. The minimum absolute atomic E-state index is 0.216. The van der Waals surface area contributed by atoms with Crippen LogP contribution in [0.2, 0.25) is 0 Å². The maximum atomic E-state index is 13.3. The van der Waals surface area contributed by atoms with E-state index in [0.717, 1.165) is 11.6 Å². The third-order valence-corrected chi connectivity index (χ3v) is 3.92. The first-order valence-electron chi connectivity index (χ1n) is 8.59. The van der Waals surface area contributed by atoms with Crippen LogP contribution in [0, 0.1) is 23.5 Å². The highest BCUT2D eigenvalue weighted by atomic mass is 19.1. The van der Waals surface area contributed by atoms with Crippen LogP contribution in [0.1, 0.15) is 46.1 Å². The molecule has 0 radical (unpaired) electrons. The van der Waals surface area contributed by atoms with Crippen molar-refractivity contribution in [1.29, 1.82) is 0 Å². The number of aryl methyl sites for hydroxylation is 1. The fourth-order valence-electron chi connectivity index (χ4n) is 2.87. The molecule has 26 heavy (non-hydrogen) atoms. The van der Waals surface area contributed by atoms with Crippen molar-refractivity contribution < 1.29 is 18.4 Å². The summed E-state index contributed by atoms with van der Waals surface area (Å²) in [6, 6.07) is 3.21. The van der Waals surface area contributed by atoms with E-state index in [1.165, 1.54) is 12.1 Å². The summed E-state index contributed by atoms with van der Waals surface area (Å²) in [6.07, 6.45) is 0.762. The Bertz CT molecular complexity index is 661. The van der Waals surface area contributed by atoms with Crippen LogP contribution < -0.4 is 11.1 Å². The Labute approximate surface area is 153 Å². The van der Waals surface area contributed by atoms with Gasteiger partial charge in [-0.25, -0.2) is 8.78 Å². The van der Waals surface area contributed by atoms with Gasteiger partial charge in [0.05, 0.1) is 5.92 Å². The maximum Gasteiger partial charge on any atom is 0.224 e. The minimum atomic E-state index is -0.764.